The van der Waals surface area contributed by atoms with Crippen LogP contribution in [0, 0.1) is 0 Å². The predicted octanol–water partition coefficient (Wildman–Crippen LogP) is 2.94. The molecule has 5 aromatic rings. The molecular weight excluding hydrogens is 409 g/mol. The van der Waals surface area contributed by atoms with Gasteiger partial charge in [-0.25, -0.2) is 0 Å². The summed E-state index contributed by atoms with van der Waals surface area (Å²) in [7, 11) is 0. The molecule has 2 aromatic heterocycles. The molecule has 0 radical (unpaired) electrons. The molecule has 0 atom stereocenters. The van der Waals surface area contributed by atoms with Gasteiger partial charge in [0.05, 0.1) is 0 Å². The van der Waals surface area contributed by atoms with Gasteiger partial charge in [0.15, 0.2) is 0 Å². The molecule has 0 aliphatic heterocycles. The zero-order valence-electron chi connectivity index (χ0n) is 16.4. The van der Waals surface area contributed by atoms with Crippen LogP contribution in [0.3, 0.4) is 0 Å². The molecule has 2 heterocycles. The molecule has 5 rings (SSSR count). The molecule has 0 saturated heterocycles. The molecule has 0 spiro atoms. The summed E-state index contributed by atoms with van der Waals surface area (Å²) in [5, 5.41) is 8.14. The average molecular weight is 429 g/mol. The van der Waals surface area contributed by atoms with Crippen molar-refractivity contribution in [2.24, 2.45) is 0 Å². The molecule has 30 heavy (non-hydrogen) atoms. The van der Waals surface area contributed by atoms with Gasteiger partial charge in [0, 0.05) is 0 Å². The Morgan fingerprint density at radius 3 is 1.70 bits per heavy atom. The first-order valence-electron chi connectivity index (χ1n) is 9.65. The number of rotatable bonds is 4. The van der Waals surface area contributed by atoms with Crippen LogP contribution in [-0.4, -0.2) is 21.3 Å². The van der Waals surface area contributed by atoms with Crippen LogP contribution >= 0.6 is 17.9 Å². The van der Waals surface area contributed by atoms with E-state index in [1.54, 1.807) is 11.6 Å². The number of nitrogens with zero attached hydrogens (tertiary/aromatic N) is 3. The third-order valence-corrected chi connectivity index (χ3v) is 12.9. The molecule has 0 aliphatic carbocycles. The first-order chi connectivity index (χ1) is 14.6. The van der Waals surface area contributed by atoms with Gasteiger partial charge in [0.2, 0.25) is 0 Å². The zero-order chi connectivity index (χ0) is 20.6. The molecule has 0 aliphatic rings. The SMILES string of the molecule is CP(c1ccccc1)(c1ccccc1)(c1ccccc1)c1cc(=O)nc2scnn12. The predicted molar refractivity (Wildman–Crippen MR) is 128 cm³/mol. The van der Waals surface area contributed by atoms with E-state index in [4.69, 9.17) is 0 Å². The van der Waals surface area contributed by atoms with Crippen molar-refractivity contribution in [2.45, 2.75) is 0 Å². The van der Waals surface area contributed by atoms with E-state index in [0.29, 0.717) is 4.96 Å². The van der Waals surface area contributed by atoms with Crippen molar-refractivity contribution >= 4 is 44.2 Å². The molecule has 3 aromatic carbocycles. The fourth-order valence-corrected chi connectivity index (χ4v) is 10.6. The van der Waals surface area contributed by atoms with Crippen LogP contribution < -0.4 is 26.9 Å². The first kappa shape index (κ1) is 18.9. The number of hydrogen-bond acceptors (Lipinski definition) is 4. The van der Waals surface area contributed by atoms with Gasteiger partial charge < -0.3 is 0 Å². The van der Waals surface area contributed by atoms with Gasteiger partial charge in [-0.1, -0.05) is 0 Å². The van der Waals surface area contributed by atoms with E-state index in [9.17, 15) is 4.79 Å². The van der Waals surface area contributed by atoms with Gasteiger partial charge in [0.1, 0.15) is 0 Å². The van der Waals surface area contributed by atoms with Gasteiger partial charge in [-0.15, -0.1) is 0 Å². The number of benzene rings is 3. The van der Waals surface area contributed by atoms with Crippen LogP contribution in [0.4, 0.5) is 0 Å². The summed E-state index contributed by atoms with van der Waals surface area (Å²) < 4.78 is 1.86. The molecule has 0 amide bonds. The molecule has 4 nitrogen and oxygen atoms in total. The first-order valence-corrected chi connectivity index (χ1v) is 13.2. The minimum atomic E-state index is -3.32. The summed E-state index contributed by atoms with van der Waals surface area (Å²) in [6.45, 7) is -1.01. The van der Waals surface area contributed by atoms with Gasteiger partial charge in [-0.3, -0.25) is 0 Å². The topological polar surface area (TPSA) is 47.3 Å². The van der Waals surface area contributed by atoms with E-state index in [1.807, 2.05) is 22.7 Å². The maximum absolute atomic E-state index is 12.8. The van der Waals surface area contributed by atoms with Crippen LogP contribution in [0.1, 0.15) is 0 Å². The standard InChI is InChI=1S/C24H20N3OPS/c1-29(19-11-5-2-6-12-19,20-13-7-3-8-14-20,21-15-9-4-10-16-21)23-17-22(28)26-24-27(23)25-18-30-24/h2-18H,1H3. The summed E-state index contributed by atoms with van der Waals surface area (Å²) in [6, 6.07) is 33.1. The van der Waals surface area contributed by atoms with E-state index in [2.05, 4.69) is 89.5 Å². The van der Waals surface area contributed by atoms with Crippen molar-refractivity contribution in [3.05, 3.63) is 113 Å². The second-order valence-corrected chi connectivity index (χ2v) is 13.4. The molecular formula is C24H20N3OPS. The van der Waals surface area contributed by atoms with Crippen LogP contribution in [0.15, 0.2) is 107 Å². The molecule has 148 valence electrons. The average Bonchev–Trinajstić information content (AvgIpc) is 3.28. The number of hydrogen-bond donors (Lipinski definition) is 0. The summed E-state index contributed by atoms with van der Waals surface area (Å²) in [4.78, 5) is 17.6. The summed E-state index contributed by atoms with van der Waals surface area (Å²) in [6.07, 6.45) is 0. The Hall–Kier alpha value is -3.14. The van der Waals surface area contributed by atoms with Crippen LogP contribution in [-0.2, 0) is 0 Å². The number of aromatic nitrogens is 3. The quantitative estimate of drug-likeness (QED) is 0.413. The summed E-state index contributed by atoms with van der Waals surface area (Å²) in [5.41, 5.74) is 2.39. The third-order valence-electron chi connectivity index (χ3n) is 5.96. The normalized spacial score (nSPS) is 13.0. The van der Waals surface area contributed by atoms with Crippen LogP contribution in [0.5, 0.6) is 0 Å². The van der Waals surface area contributed by atoms with Gasteiger partial charge in [0.25, 0.3) is 0 Å². The van der Waals surface area contributed by atoms with Crippen molar-refractivity contribution in [1.82, 2.24) is 14.6 Å². The molecule has 0 fully saturated rings. The molecule has 0 bridgehead atoms. The van der Waals surface area contributed by atoms with E-state index < -0.39 is 6.60 Å². The fraction of sp³-hybridized carbons (Fsp3) is 0.0417. The Kier molecular flexibility index (Phi) is 4.39. The van der Waals surface area contributed by atoms with E-state index in [-0.39, 0.29) is 5.56 Å². The Labute approximate surface area is 178 Å². The van der Waals surface area contributed by atoms with Crippen molar-refractivity contribution in [2.75, 3.05) is 6.66 Å². The molecule has 0 saturated carbocycles. The third kappa shape index (κ3) is 2.53. The zero-order valence-corrected chi connectivity index (χ0v) is 18.1. The molecule has 6 heteroatoms. The Bertz CT molecular complexity index is 1280. The van der Waals surface area contributed by atoms with Crippen LogP contribution in [0.2, 0.25) is 0 Å². The van der Waals surface area contributed by atoms with Gasteiger partial charge >= 0.3 is 178 Å². The Morgan fingerprint density at radius 1 is 0.767 bits per heavy atom. The summed E-state index contributed by atoms with van der Waals surface area (Å²) >= 11 is 1.38. The van der Waals surface area contributed by atoms with E-state index in [0.717, 1.165) is 5.44 Å². The monoisotopic (exact) mass is 429 g/mol. The minimum absolute atomic E-state index is 0.243. The fourth-order valence-electron chi connectivity index (χ4n) is 4.39. The van der Waals surface area contributed by atoms with Crippen molar-refractivity contribution in [1.29, 1.82) is 0 Å². The number of fused-ring (bicyclic) bond motifs is 1. The van der Waals surface area contributed by atoms with Crippen molar-refractivity contribution in [3.63, 3.8) is 0 Å². The second-order valence-electron chi connectivity index (χ2n) is 7.46. The van der Waals surface area contributed by atoms with Gasteiger partial charge in [-0.05, 0) is 0 Å². The summed E-state index contributed by atoms with van der Waals surface area (Å²) in [5.74, 6) is 0. The van der Waals surface area contributed by atoms with Crippen molar-refractivity contribution < 1.29 is 0 Å². The molecule has 0 unspecified atom stereocenters. The Balaban J connectivity index is 2.09. The molecule has 0 N–H and O–H groups in total. The maximum atomic E-state index is 12.8. The second kappa shape index (κ2) is 6.98. The van der Waals surface area contributed by atoms with Gasteiger partial charge in [-0.2, -0.15) is 0 Å². The van der Waals surface area contributed by atoms with Crippen molar-refractivity contribution in [3.8, 4) is 0 Å². The van der Waals surface area contributed by atoms with Crippen LogP contribution in [0.25, 0.3) is 4.96 Å². The Morgan fingerprint density at radius 2 is 1.23 bits per heavy atom. The van der Waals surface area contributed by atoms with E-state index >= 15 is 0 Å². The van der Waals surface area contributed by atoms with E-state index in [1.165, 1.54) is 27.3 Å².